The molecule has 0 aliphatic rings. The van der Waals surface area contributed by atoms with Crippen LogP contribution in [-0.2, 0) is 9.47 Å². The summed E-state index contributed by atoms with van der Waals surface area (Å²) in [6, 6.07) is 3.75. The van der Waals surface area contributed by atoms with E-state index in [1.807, 2.05) is 33.0 Å². The fraction of sp³-hybridized carbons (Fsp3) is 0.357. The number of ether oxygens (including phenoxy) is 2. The second-order valence-electron chi connectivity index (χ2n) is 3.59. The van der Waals surface area contributed by atoms with Crippen molar-refractivity contribution < 1.29 is 9.47 Å². The lowest BCUT2D eigenvalue weighted by Gasteiger charge is -2.12. The largest absolute Gasteiger partial charge is 0.492 e. The molecule has 4 nitrogen and oxygen atoms in total. The highest BCUT2D eigenvalue weighted by atomic mass is 16.5. The van der Waals surface area contributed by atoms with Crippen molar-refractivity contribution in [3.8, 4) is 0 Å². The van der Waals surface area contributed by atoms with Crippen molar-refractivity contribution in [2.75, 3.05) is 25.6 Å². The van der Waals surface area contributed by atoms with Gasteiger partial charge in [0.15, 0.2) is 0 Å². The fourth-order valence-corrected chi connectivity index (χ4v) is 1.46. The number of hydrogen-bond acceptors (Lipinski definition) is 4. The average Bonchev–Trinajstić information content (AvgIpc) is 2.38. The van der Waals surface area contributed by atoms with Crippen molar-refractivity contribution in [2.45, 2.75) is 13.8 Å². The molecule has 4 heteroatoms. The number of hydrogen-bond donors (Lipinski definition) is 1. The van der Waals surface area contributed by atoms with Gasteiger partial charge >= 0.3 is 0 Å². The van der Waals surface area contributed by atoms with Crippen LogP contribution in [0.4, 0.5) is 5.69 Å². The summed E-state index contributed by atoms with van der Waals surface area (Å²) in [6.07, 6.45) is 0. The molecule has 1 aromatic rings. The summed E-state index contributed by atoms with van der Waals surface area (Å²) in [6.45, 7) is 12.6. The third-order valence-corrected chi connectivity index (χ3v) is 2.32. The molecule has 0 bridgehead atoms. The van der Waals surface area contributed by atoms with Crippen LogP contribution in [0.2, 0.25) is 0 Å². The standard InChI is InChI=1S/C14H20N2O2/c1-6-17-10(3)13-8-12(15-5)9-14(16-13)11(4)18-7-2/h8-9H,3-4,6-7H2,1-2,5H3,(H,15,16). The van der Waals surface area contributed by atoms with E-state index in [1.165, 1.54) is 0 Å². The fourth-order valence-electron chi connectivity index (χ4n) is 1.46. The molecular formula is C14H20N2O2. The number of rotatable bonds is 7. The Hall–Kier alpha value is -1.97. The Morgan fingerprint density at radius 3 is 1.89 bits per heavy atom. The predicted octanol–water partition coefficient (Wildman–Crippen LogP) is 3.14. The number of anilines is 1. The maximum atomic E-state index is 5.37. The predicted molar refractivity (Wildman–Crippen MR) is 75.1 cm³/mol. The van der Waals surface area contributed by atoms with E-state index in [-0.39, 0.29) is 0 Å². The van der Waals surface area contributed by atoms with Gasteiger partial charge in [0.2, 0.25) is 0 Å². The first kappa shape index (κ1) is 14.1. The van der Waals surface area contributed by atoms with Crippen molar-refractivity contribution >= 4 is 17.2 Å². The Balaban J connectivity index is 3.08. The smallest absolute Gasteiger partial charge is 0.137 e. The van der Waals surface area contributed by atoms with Crippen LogP contribution in [0, 0.1) is 0 Å². The molecule has 0 unspecified atom stereocenters. The van der Waals surface area contributed by atoms with Crippen molar-refractivity contribution in [2.24, 2.45) is 0 Å². The molecule has 0 fully saturated rings. The molecule has 18 heavy (non-hydrogen) atoms. The Bertz CT molecular complexity index is 405. The van der Waals surface area contributed by atoms with Crippen molar-refractivity contribution in [1.29, 1.82) is 0 Å². The highest BCUT2D eigenvalue weighted by Crippen LogP contribution is 2.21. The number of aromatic nitrogens is 1. The van der Waals surface area contributed by atoms with Crippen molar-refractivity contribution in [3.63, 3.8) is 0 Å². The van der Waals surface area contributed by atoms with Crippen molar-refractivity contribution in [1.82, 2.24) is 4.98 Å². The lowest BCUT2D eigenvalue weighted by molar-refractivity contribution is 0.295. The third-order valence-electron chi connectivity index (χ3n) is 2.32. The monoisotopic (exact) mass is 248 g/mol. The van der Waals surface area contributed by atoms with Gasteiger partial charge in [0.25, 0.3) is 0 Å². The second-order valence-corrected chi connectivity index (χ2v) is 3.59. The van der Waals surface area contributed by atoms with Crippen LogP contribution in [0.25, 0.3) is 11.5 Å². The zero-order chi connectivity index (χ0) is 13.5. The second kappa shape index (κ2) is 6.69. The molecule has 0 aliphatic heterocycles. The van der Waals surface area contributed by atoms with E-state index in [0.717, 1.165) is 5.69 Å². The van der Waals surface area contributed by atoms with Crippen LogP contribution in [0.3, 0.4) is 0 Å². The summed E-state index contributed by atoms with van der Waals surface area (Å²) in [4.78, 5) is 4.43. The maximum absolute atomic E-state index is 5.37. The molecule has 98 valence electrons. The summed E-state index contributed by atoms with van der Waals surface area (Å²) in [5, 5.41) is 3.07. The van der Waals surface area contributed by atoms with Gasteiger partial charge in [-0.3, -0.25) is 0 Å². The topological polar surface area (TPSA) is 43.4 Å². The molecular weight excluding hydrogens is 228 g/mol. The maximum Gasteiger partial charge on any atom is 0.137 e. The Morgan fingerprint density at radius 2 is 1.56 bits per heavy atom. The van der Waals surface area contributed by atoms with E-state index in [4.69, 9.17) is 9.47 Å². The molecule has 0 saturated carbocycles. The van der Waals surface area contributed by atoms with Gasteiger partial charge in [-0.05, 0) is 26.0 Å². The van der Waals surface area contributed by atoms with E-state index in [1.54, 1.807) is 0 Å². The zero-order valence-electron chi connectivity index (χ0n) is 11.2. The molecule has 1 N–H and O–H groups in total. The summed E-state index contributed by atoms with van der Waals surface area (Å²) >= 11 is 0. The van der Waals surface area contributed by atoms with E-state index < -0.39 is 0 Å². The van der Waals surface area contributed by atoms with E-state index in [0.29, 0.717) is 36.1 Å². The van der Waals surface area contributed by atoms with E-state index >= 15 is 0 Å². The lowest BCUT2D eigenvalue weighted by atomic mass is 10.2. The Kier molecular flexibility index (Phi) is 5.24. The van der Waals surface area contributed by atoms with E-state index in [2.05, 4.69) is 23.5 Å². The van der Waals surface area contributed by atoms with Crippen LogP contribution in [0.5, 0.6) is 0 Å². The van der Waals surface area contributed by atoms with Gasteiger partial charge in [-0.15, -0.1) is 0 Å². The highest BCUT2D eigenvalue weighted by molar-refractivity contribution is 5.65. The first-order valence-electron chi connectivity index (χ1n) is 5.96. The molecule has 0 radical (unpaired) electrons. The van der Waals surface area contributed by atoms with Gasteiger partial charge in [-0.25, -0.2) is 4.98 Å². The summed E-state index contributed by atoms with van der Waals surface area (Å²) in [7, 11) is 1.84. The molecule has 1 rings (SSSR count). The molecule has 1 aromatic heterocycles. The molecule has 0 amide bonds. The first-order valence-corrected chi connectivity index (χ1v) is 5.96. The Labute approximate surface area is 108 Å². The first-order chi connectivity index (χ1) is 8.62. The minimum Gasteiger partial charge on any atom is -0.492 e. The van der Waals surface area contributed by atoms with Gasteiger partial charge in [0, 0.05) is 12.7 Å². The number of pyridine rings is 1. The van der Waals surface area contributed by atoms with Crippen molar-refractivity contribution in [3.05, 3.63) is 36.7 Å². The summed E-state index contributed by atoms with van der Waals surface area (Å²) < 4.78 is 10.7. The van der Waals surface area contributed by atoms with Gasteiger partial charge < -0.3 is 14.8 Å². The van der Waals surface area contributed by atoms with Gasteiger partial charge in [0.05, 0.1) is 13.2 Å². The molecule has 0 atom stereocenters. The van der Waals surface area contributed by atoms with E-state index in [9.17, 15) is 0 Å². The summed E-state index contributed by atoms with van der Waals surface area (Å²) in [5.74, 6) is 1.08. The molecule has 0 saturated heterocycles. The molecule has 0 spiro atoms. The quantitative estimate of drug-likeness (QED) is 0.753. The van der Waals surface area contributed by atoms with Crippen LogP contribution >= 0.6 is 0 Å². The lowest BCUT2D eigenvalue weighted by Crippen LogP contribution is -2.01. The minimum atomic E-state index is 0.542. The minimum absolute atomic E-state index is 0.542. The molecule has 0 aliphatic carbocycles. The SMILES string of the molecule is C=C(OCC)c1cc(NC)cc(C(=C)OCC)n1. The average molecular weight is 248 g/mol. The highest BCUT2D eigenvalue weighted by Gasteiger charge is 2.09. The van der Waals surface area contributed by atoms with Crippen LogP contribution < -0.4 is 5.32 Å². The van der Waals surface area contributed by atoms with Crippen LogP contribution in [-0.4, -0.2) is 25.2 Å². The Morgan fingerprint density at radius 1 is 1.11 bits per heavy atom. The molecule has 1 heterocycles. The van der Waals surface area contributed by atoms with Gasteiger partial charge in [-0.1, -0.05) is 13.2 Å². The zero-order valence-corrected chi connectivity index (χ0v) is 11.2. The summed E-state index contributed by atoms with van der Waals surface area (Å²) in [5.41, 5.74) is 2.27. The number of nitrogens with one attached hydrogen (secondary N) is 1. The normalized spacial score (nSPS) is 9.72. The van der Waals surface area contributed by atoms with Crippen LogP contribution in [0.15, 0.2) is 25.3 Å². The third kappa shape index (κ3) is 3.52. The van der Waals surface area contributed by atoms with Gasteiger partial charge in [-0.2, -0.15) is 0 Å². The molecule has 0 aromatic carbocycles. The number of nitrogens with zero attached hydrogens (tertiary/aromatic N) is 1. The van der Waals surface area contributed by atoms with Crippen LogP contribution in [0.1, 0.15) is 25.2 Å². The van der Waals surface area contributed by atoms with Gasteiger partial charge in [0.1, 0.15) is 22.9 Å².